The van der Waals surface area contributed by atoms with Gasteiger partial charge < -0.3 is 34.9 Å². The zero-order chi connectivity index (χ0) is 25.7. The van der Waals surface area contributed by atoms with Crippen molar-refractivity contribution < 1.29 is 19.7 Å². The third-order valence-corrected chi connectivity index (χ3v) is 7.60. The molecule has 4 aromatic rings. The normalized spacial score (nSPS) is 24.3. The second-order valence-electron chi connectivity index (χ2n) is 10.2. The highest BCUT2D eigenvalue weighted by Crippen LogP contribution is 2.42. The number of aliphatic hydroxyl groups excluding tert-OH is 2. The molecular weight excluding hydrogens is 472 g/mol. The van der Waals surface area contributed by atoms with E-state index in [-0.39, 0.29) is 6.61 Å². The van der Waals surface area contributed by atoms with Crippen LogP contribution in [0.4, 0.5) is 11.6 Å². The second kappa shape index (κ2) is 9.44. The Morgan fingerprint density at radius 2 is 1.89 bits per heavy atom. The monoisotopic (exact) mass is 504 g/mol. The van der Waals surface area contributed by atoms with Crippen LogP contribution < -0.4 is 15.4 Å². The molecule has 2 aliphatic rings. The standard InChI is InChI=1S/C27H32N6O4/c1-32(2)21-10-8-16-7-9-17(11-19(16)31-21)36-13-20-23(34)24(35)27(37-20)33-12-18(15-5-3-4-6-15)22-25(28)29-14-30-26(22)33/h7-12,14-15,20,23-24,27,34-35H,3-6,13H2,1-2H3,(H2,28,29,30)/t20-,23-,24-,27-/m1/s1. The summed E-state index contributed by atoms with van der Waals surface area (Å²) in [6.07, 6.45) is 4.05. The number of anilines is 2. The first kappa shape index (κ1) is 23.9. The van der Waals surface area contributed by atoms with Crippen molar-refractivity contribution in [3.63, 3.8) is 0 Å². The largest absolute Gasteiger partial charge is 0.491 e. The topological polar surface area (TPSA) is 132 Å². The number of hydrogen-bond donors (Lipinski definition) is 3. The minimum absolute atomic E-state index is 0.0689. The van der Waals surface area contributed by atoms with E-state index in [1.54, 1.807) is 4.57 Å². The van der Waals surface area contributed by atoms with Crippen LogP contribution in [0.2, 0.25) is 0 Å². The zero-order valence-electron chi connectivity index (χ0n) is 21.0. The number of hydrogen-bond acceptors (Lipinski definition) is 9. The molecule has 0 spiro atoms. The summed E-state index contributed by atoms with van der Waals surface area (Å²) in [6, 6.07) is 9.66. The van der Waals surface area contributed by atoms with E-state index in [4.69, 9.17) is 15.2 Å². The quantitative estimate of drug-likeness (QED) is 0.362. The van der Waals surface area contributed by atoms with Crippen LogP contribution in [0.15, 0.2) is 42.9 Å². The molecule has 1 aliphatic carbocycles. The van der Waals surface area contributed by atoms with Crippen LogP contribution in [0.5, 0.6) is 5.75 Å². The number of rotatable bonds is 6. The molecule has 1 saturated carbocycles. The van der Waals surface area contributed by atoms with Crippen LogP contribution in [0.1, 0.15) is 43.4 Å². The summed E-state index contributed by atoms with van der Waals surface area (Å²) >= 11 is 0. The van der Waals surface area contributed by atoms with Crippen molar-refractivity contribution in [2.75, 3.05) is 31.3 Å². The Morgan fingerprint density at radius 3 is 2.68 bits per heavy atom. The van der Waals surface area contributed by atoms with Crippen molar-refractivity contribution in [2.45, 2.75) is 56.1 Å². The van der Waals surface area contributed by atoms with Crippen molar-refractivity contribution >= 4 is 33.6 Å². The van der Waals surface area contributed by atoms with Gasteiger partial charge in [-0.2, -0.15) is 0 Å². The van der Waals surface area contributed by atoms with E-state index >= 15 is 0 Å². The highest BCUT2D eigenvalue weighted by Gasteiger charge is 2.45. The van der Waals surface area contributed by atoms with Crippen molar-refractivity contribution in [3.05, 3.63) is 48.4 Å². The number of nitrogens with zero attached hydrogens (tertiary/aromatic N) is 5. The molecule has 37 heavy (non-hydrogen) atoms. The summed E-state index contributed by atoms with van der Waals surface area (Å²) in [5.41, 5.74) is 8.75. The van der Waals surface area contributed by atoms with E-state index in [9.17, 15) is 10.2 Å². The van der Waals surface area contributed by atoms with Crippen LogP contribution in [0, 0.1) is 0 Å². The van der Waals surface area contributed by atoms with Gasteiger partial charge in [0, 0.05) is 31.7 Å². The van der Waals surface area contributed by atoms with E-state index in [0.717, 1.165) is 40.5 Å². The smallest absolute Gasteiger partial charge is 0.164 e. The Hall–Kier alpha value is -3.47. The lowest BCUT2D eigenvalue weighted by Gasteiger charge is -2.17. The maximum atomic E-state index is 11.0. The number of aliphatic hydroxyl groups is 2. The third-order valence-electron chi connectivity index (χ3n) is 7.60. The lowest BCUT2D eigenvalue weighted by Crippen LogP contribution is -2.34. The average Bonchev–Trinajstić information content (AvgIpc) is 3.62. The van der Waals surface area contributed by atoms with Crippen LogP contribution in [0.25, 0.3) is 21.9 Å². The summed E-state index contributed by atoms with van der Waals surface area (Å²) in [4.78, 5) is 15.3. The van der Waals surface area contributed by atoms with Crippen LogP contribution in [0.3, 0.4) is 0 Å². The molecule has 0 bridgehead atoms. The predicted molar refractivity (Wildman–Crippen MR) is 141 cm³/mol. The maximum Gasteiger partial charge on any atom is 0.164 e. The lowest BCUT2D eigenvalue weighted by atomic mass is 9.98. The molecule has 194 valence electrons. The van der Waals surface area contributed by atoms with Gasteiger partial charge in [-0.3, -0.25) is 0 Å². The molecule has 4 N–H and O–H groups in total. The third kappa shape index (κ3) is 4.24. The molecule has 1 aromatic carbocycles. The van der Waals surface area contributed by atoms with Crippen molar-refractivity contribution in [1.29, 1.82) is 0 Å². The zero-order valence-corrected chi connectivity index (χ0v) is 21.0. The van der Waals surface area contributed by atoms with Crippen LogP contribution >= 0.6 is 0 Å². The van der Waals surface area contributed by atoms with Gasteiger partial charge in [-0.1, -0.05) is 12.8 Å². The minimum atomic E-state index is -1.15. The molecule has 0 radical (unpaired) electrons. The molecule has 4 atom stereocenters. The van der Waals surface area contributed by atoms with Crippen LogP contribution in [-0.4, -0.2) is 68.7 Å². The van der Waals surface area contributed by atoms with E-state index in [0.29, 0.717) is 23.1 Å². The van der Waals surface area contributed by atoms with Crippen molar-refractivity contribution in [1.82, 2.24) is 19.5 Å². The molecule has 1 aliphatic heterocycles. The molecule has 2 fully saturated rings. The number of fused-ring (bicyclic) bond motifs is 2. The predicted octanol–water partition coefficient (Wildman–Crippen LogP) is 2.98. The molecule has 1 saturated heterocycles. The minimum Gasteiger partial charge on any atom is -0.491 e. The van der Waals surface area contributed by atoms with Gasteiger partial charge in [0.05, 0.1) is 10.9 Å². The molecule has 4 heterocycles. The molecular formula is C27H32N6O4. The Kier molecular flexibility index (Phi) is 6.10. The fourth-order valence-electron chi connectivity index (χ4n) is 5.58. The number of nitrogen functional groups attached to an aromatic ring is 1. The van der Waals surface area contributed by atoms with Gasteiger partial charge in [0.2, 0.25) is 0 Å². The molecule has 6 rings (SSSR count). The van der Waals surface area contributed by atoms with Gasteiger partial charge in [-0.05, 0) is 48.6 Å². The molecule has 0 amide bonds. The van der Waals surface area contributed by atoms with Crippen molar-refractivity contribution in [3.8, 4) is 5.75 Å². The molecule has 10 heteroatoms. The van der Waals surface area contributed by atoms with Gasteiger partial charge in [0.15, 0.2) is 6.23 Å². The highest BCUT2D eigenvalue weighted by molar-refractivity contribution is 5.90. The van der Waals surface area contributed by atoms with E-state index in [1.807, 2.05) is 55.5 Å². The van der Waals surface area contributed by atoms with E-state index in [2.05, 4.69) is 15.0 Å². The fourth-order valence-corrected chi connectivity index (χ4v) is 5.58. The summed E-state index contributed by atoms with van der Waals surface area (Å²) in [7, 11) is 3.89. The van der Waals surface area contributed by atoms with Crippen molar-refractivity contribution in [2.24, 2.45) is 0 Å². The first-order chi connectivity index (χ1) is 17.9. The summed E-state index contributed by atoms with van der Waals surface area (Å²) in [5.74, 6) is 2.25. The Balaban J connectivity index is 1.24. The van der Waals surface area contributed by atoms with Crippen LogP contribution in [-0.2, 0) is 4.74 Å². The molecule has 3 aromatic heterocycles. The molecule has 0 unspecified atom stereocenters. The Morgan fingerprint density at radius 1 is 1.11 bits per heavy atom. The number of benzene rings is 1. The number of pyridine rings is 1. The number of ether oxygens (including phenoxy) is 2. The summed E-state index contributed by atoms with van der Waals surface area (Å²) < 4.78 is 13.9. The summed E-state index contributed by atoms with van der Waals surface area (Å²) in [6.45, 7) is 0.0689. The lowest BCUT2D eigenvalue weighted by molar-refractivity contribution is -0.0472. The second-order valence-corrected chi connectivity index (χ2v) is 10.2. The molecule has 10 nitrogen and oxygen atoms in total. The van der Waals surface area contributed by atoms with Gasteiger partial charge in [-0.25, -0.2) is 15.0 Å². The average molecular weight is 505 g/mol. The van der Waals surface area contributed by atoms with E-state index in [1.165, 1.54) is 19.2 Å². The first-order valence-electron chi connectivity index (χ1n) is 12.7. The SMILES string of the molecule is CN(C)c1ccc2ccc(OC[C@H]3O[C@@H](n4cc(C5CCCC5)c5c(N)ncnc54)[C@H](O)[C@@H]3O)cc2n1. The van der Waals surface area contributed by atoms with Gasteiger partial charge in [0.1, 0.15) is 54.3 Å². The van der Waals surface area contributed by atoms with Gasteiger partial charge in [0.25, 0.3) is 0 Å². The Bertz CT molecular complexity index is 1430. The summed E-state index contributed by atoms with van der Waals surface area (Å²) in [5, 5.41) is 23.6. The number of aromatic nitrogens is 4. The maximum absolute atomic E-state index is 11.0. The van der Waals surface area contributed by atoms with Gasteiger partial charge >= 0.3 is 0 Å². The number of nitrogens with two attached hydrogens (primary N) is 1. The van der Waals surface area contributed by atoms with E-state index < -0.39 is 24.5 Å². The highest BCUT2D eigenvalue weighted by atomic mass is 16.6. The fraction of sp³-hybridized carbons (Fsp3) is 0.444. The van der Waals surface area contributed by atoms with Gasteiger partial charge in [-0.15, -0.1) is 0 Å². The first-order valence-corrected chi connectivity index (χ1v) is 12.7. The Labute approximate surface area is 214 Å².